The van der Waals surface area contributed by atoms with Gasteiger partial charge in [-0.15, -0.1) is 5.73 Å². The summed E-state index contributed by atoms with van der Waals surface area (Å²) in [6.07, 6.45) is 3.08. The van der Waals surface area contributed by atoms with E-state index in [4.69, 9.17) is 0 Å². The van der Waals surface area contributed by atoms with Gasteiger partial charge in [0.15, 0.2) is 0 Å². The maximum absolute atomic E-state index is 10.4. The van der Waals surface area contributed by atoms with Gasteiger partial charge in [-0.05, 0) is 12.0 Å². The Labute approximate surface area is 61.2 Å². The molecule has 0 atom stereocenters. The molecule has 0 N–H and O–H groups in total. The number of carbonyl (C=O) groups is 1. The van der Waals surface area contributed by atoms with Crippen molar-refractivity contribution in [2.75, 3.05) is 7.11 Å². The first-order valence-electron chi connectivity index (χ1n) is 3.17. The van der Waals surface area contributed by atoms with Crippen LogP contribution < -0.4 is 0 Å². The van der Waals surface area contributed by atoms with Gasteiger partial charge in [0.05, 0.1) is 13.2 Å². The molecule has 0 spiro atoms. The third kappa shape index (κ3) is 5.13. The average Bonchev–Trinajstić information content (AvgIpc) is 1.87. The van der Waals surface area contributed by atoms with Crippen LogP contribution in [0.1, 0.15) is 13.8 Å². The van der Waals surface area contributed by atoms with Crippen molar-refractivity contribution in [3.8, 4) is 0 Å². The Morgan fingerprint density at radius 2 is 2.20 bits per heavy atom. The van der Waals surface area contributed by atoms with Gasteiger partial charge >= 0.3 is 5.97 Å². The van der Waals surface area contributed by atoms with E-state index in [9.17, 15) is 4.79 Å². The molecule has 0 fully saturated rings. The summed E-state index contributed by atoms with van der Waals surface area (Å²) in [7, 11) is 1.34. The van der Waals surface area contributed by atoms with E-state index in [1.807, 2.05) is 13.8 Å². The summed E-state index contributed by atoms with van der Waals surface area (Å²) < 4.78 is 4.36. The molecule has 0 heterocycles. The Morgan fingerprint density at radius 1 is 1.60 bits per heavy atom. The first kappa shape index (κ1) is 8.99. The molecule has 10 heavy (non-hydrogen) atoms. The molecule has 0 radical (unpaired) electrons. The minimum Gasteiger partial charge on any atom is -0.465 e. The maximum atomic E-state index is 10.4. The lowest BCUT2D eigenvalue weighted by Gasteiger charge is -1.87. The van der Waals surface area contributed by atoms with E-state index in [1.54, 1.807) is 6.08 Å². The van der Waals surface area contributed by atoms with Crippen molar-refractivity contribution in [1.29, 1.82) is 0 Å². The molecule has 0 amide bonds. The van der Waals surface area contributed by atoms with Gasteiger partial charge in [0, 0.05) is 0 Å². The van der Waals surface area contributed by atoms with E-state index < -0.39 is 0 Å². The monoisotopic (exact) mass is 140 g/mol. The third-order valence-electron chi connectivity index (χ3n) is 0.832. The molecule has 0 aromatic heterocycles. The zero-order valence-electron chi connectivity index (χ0n) is 6.55. The van der Waals surface area contributed by atoms with Crippen molar-refractivity contribution in [3.05, 3.63) is 17.9 Å². The number of rotatable bonds is 2. The first-order chi connectivity index (χ1) is 4.66. The minimum atomic E-state index is -0.364. The van der Waals surface area contributed by atoms with Crippen molar-refractivity contribution in [3.63, 3.8) is 0 Å². The maximum Gasteiger partial charge on any atom is 0.338 e. The molecule has 0 aliphatic rings. The summed E-state index contributed by atoms with van der Waals surface area (Å²) in [4.78, 5) is 10.4. The summed E-state index contributed by atoms with van der Waals surface area (Å²) in [5.74, 6) is 0.0535. The minimum absolute atomic E-state index is 0.364. The molecular formula is C8H12O2. The number of methoxy groups -OCH3 is 1. The number of hydrogen-bond donors (Lipinski definition) is 0. The molecule has 0 saturated heterocycles. The number of esters is 1. The van der Waals surface area contributed by atoms with E-state index in [0.717, 1.165) is 0 Å². The van der Waals surface area contributed by atoms with Crippen molar-refractivity contribution in [2.24, 2.45) is 5.92 Å². The van der Waals surface area contributed by atoms with Gasteiger partial charge in [0.1, 0.15) is 0 Å². The molecule has 0 aliphatic carbocycles. The van der Waals surface area contributed by atoms with Crippen LogP contribution in [-0.2, 0) is 9.53 Å². The molecule has 0 saturated carbocycles. The second-order valence-corrected chi connectivity index (χ2v) is 2.24. The van der Waals surface area contributed by atoms with Crippen LogP contribution in [-0.4, -0.2) is 13.1 Å². The molecule has 0 unspecified atom stereocenters. The molecule has 0 aromatic carbocycles. The first-order valence-corrected chi connectivity index (χ1v) is 3.17. The molecule has 2 heteroatoms. The standard InChI is InChI=1S/C8H12O2/c1-7(2)5-4-6-8(9)10-3/h5-7H,1-3H3. The zero-order chi connectivity index (χ0) is 7.98. The highest BCUT2D eigenvalue weighted by Crippen LogP contribution is 1.90. The van der Waals surface area contributed by atoms with Crippen molar-refractivity contribution < 1.29 is 9.53 Å². The molecule has 0 rings (SSSR count). The lowest BCUT2D eigenvalue weighted by Crippen LogP contribution is -1.92. The zero-order valence-corrected chi connectivity index (χ0v) is 6.55. The van der Waals surface area contributed by atoms with Gasteiger partial charge < -0.3 is 4.74 Å². The summed E-state index contributed by atoms with van der Waals surface area (Å²) in [6.45, 7) is 4.02. The Kier molecular flexibility index (Phi) is 4.34. The lowest BCUT2D eigenvalue weighted by molar-refractivity contribution is -0.134. The summed E-state index contributed by atoms with van der Waals surface area (Å²) in [5, 5.41) is 0. The molecular weight excluding hydrogens is 128 g/mol. The number of carbonyl (C=O) groups excluding carboxylic acids is 1. The van der Waals surface area contributed by atoms with Crippen LogP contribution in [0, 0.1) is 5.92 Å². The topological polar surface area (TPSA) is 26.3 Å². The average molecular weight is 140 g/mol. The van der Waals surface area contributed by atoms with Crippen LogP contribution in [0.2, 0.25) is 0 Å². The molecule has 0 aromatic rings. The van der Waals surface area contributed by atoms with Crippen LogP contribution in [0.25, 0.3) is 0 Å². The van der Waals surface area contributed by atoms with Gasteiger partial charge in [-0.2, -0.15) is 0 Å². The van der Waals surface area contributed by atoms with Gasteiger partial charge in [-0.3, -0.25) is 0 Å². The molecule has 0 aliphatic heterocycles. The fraction of sp³-hybridized carbons (Fsp3) is 0.500. The summed E-state index contributed by atoms with van der Waals surface area (Å²) in [5.41, 5.74) is 2.71. The fourth-order valence-corrected chi connectivity index (χ4v) is 0.368. The fourth-order valence-electron chi connectivity index (χ4n) is 0.368. The largest absolute Gasteiger partial charge is 0.465 e. The summed E-state index contributed by atoms with van der Waals surface area (Å²) in [6, 6.07) is 0. The highest BCUT2D eigenvalue weighted by Gasteiger charge is 1.86. The predicted molar refractivity (Wildman–Crippen MR) is 39.5 cm³/mol. The van der Waals surface area contributed by atoms with Gasteiger partial charge in [-0.25, -0.2) is 4.79 Å². The Bertz CT molecular complexity index is 162. The summed E-state index contributed by atoms with van der Waals surface area (Å²) >= 11 is 0. The van der Waals surface area contributed by atoms with Crippen LogP contribution in [0.4, 0.5) is 0 Å². The highest BCUT2D eigenvalue weighted by atomic mass is 16.5. The van der Waals surface area contributed by atoms with Crippen LogP contribution in [0.5, 0.6) is 0 Å². The van der Waals surface area contributed by atoms with E-state index in [-0.39, 0.29) is 5.97 Å². The van der Waals surface area contributed by atoms with E-state index in [1.165, 1.54) is 13.2 Å². The molecule has 56 valence electrons. The van der Waals surface area contributed by atoms with Crippen molar-refractivity contribution in [2.45, 2.75) is 13.8 Å². The van der Waals surface area contributed by atoms with Crippen molar-refractivity contribution >= 4 is 5.97 Å². The lowest BCUT2D eigenvalue weighted by atomic mass is 10.2. The third-order valence-corrected chi connectivity index (χ3v) is 0.832. The van der Waals surface area contributed by atoms with E-state index in [2.05, 4.69) is 10.5 Å². The quantitative estimate of drug-likeness (QED) is 0.330. The molecule has 2 nitrogen and oxygen atoms in total. The van der Waals surface area contributed by atoms with E-state index in [0.29, 0.717) is 5.92 Å². The number of ether oxygens (including phenoxy) is 1. The second kappa shape index (κ2) is 4.83. The Hall–Kier alpha value is -1.01. The van der Waals surface area contributed by atoms with Gasteiger partial charge in [-0.1, -0.05) is 13.8 Å². The van der Waals surface area contributed by atoms with Crippen LogP contribution >= 0.6 is 0 Å². The Balaban J connectivity index is 3.85. The van der Waals surface area contributed by atoms with Crippen LogP contribution in [0.3, 0.4) is 0 Å². The van der Waals surface area contributed by atoms with Gasteiger partial charge in [0.25, 0.3) is 0 Å². The highest BCUT2D eigenvalue weighted by molar-refractivity contribution is 5.81. The van der Waals surface area contributed by atoms with Crippen molar-refractivity contribution in [1.82, 2.24) is 0 Å². The second-order valence-electron chi connectivity index (χ2n) is 2.24. The normalized spacial score (nSPS) is 8.40. The Morgan fingerprint density at radius 3 is 2.60 bits per heavy atom. The smallest absolute Gasteiger partial charge is 0.338 e. The molecule has 0 bridgehead atoms. The van der Waals surface area contributed by atoms with Gasteiger partial charge in [0.2, 0.25) is 0 Å². The van der Waals surface area contributed by atoms with Crippen LogP contribution in [0.15, 0.2) is 17.9 Å². The SMILES string of the molecule is COC(=O)C=C=CC(C)C. The van der Waals surface area contributed by atoms with E-state index >= 15 is 0 Å². The number of hydrogen-bond acceptors (Lipinski definition) is 2. The predicted octanol–water partition coefficient (Wildman–Crippen LogP) is 1.53.